The van der Waals surface area contributed by atoms with Gasteiger partial charge in [-0.2, -0.15) is 0 Å². The van der Waals surface area contributed by atoms with Crippen molar-refractivity contribution in [2.45, 2.75) is 26.4 Å². The highest BCUT2D eigenvalue weighted by molar-refractivity contribution is 6.08. The molecule has 40 heavy (non-hydrogen) atoms. The van der Waals surface area contributed by atoms with Gasteiger partial charge in [0.15, 0.2) is 11.5 Å². The van der Waals surface area contributed by atoms with Gasteiger partial charge in [-0.15, -0.1) is 0 Å². The van der Waals surface area contributed by atoms with Crippen molar-refractivity contribution in [3.63, 3.8) is 0 Å². The van der Waals surface area contributed by atoms with Crippen LogP contribution in [-0.2, 0) is 4.74 Å². The highest BCUT2D eigenvalue weighted by atomic mass is 16.6. The molecule has 1 saturated heterocycles. The number of benzene rings is 1. The van der Waals surface area contributed by atoms with Gasteiger partial charge < -0.3 is 19.5 Å². The van der Waals surface area contributed by atoms with E-state index in [1.165, 1.54) is 0 Å². The second kappa shape index (κ2) is 10.0. The molecular formula is C30H29N7O3. The van der Waals surface area contributed by atoms with Crippen molar-refractivity contribution in [2.24, 2.45) is 0 Å². The predicted octanol–water partition coefficient (Wildman–Crippen LogP) is 4.86. The zero-order valence-corrected chi connectivity index (χ0v) is 22.6. The fourth-order valence-electron chi connectivity index (χ4n) is 4.79. The number of carbonyl (C=O) groups excluding carboxylic acids is 2. The number of pyridine rings is 3. The predicted molar refractivity (Wildman–Crippen MR) is 152 cm³/mol. The Hall–Kier alpha value is -4.86. The molecule has 1 aliphatic heterocycles. The van der Waals surface area contributed by atoms with Gasteiger partial charge in [-0.05, 0) is 50.4 Å². The molecule has 202 valence electrons. The van der Waals surface area contributed by atoms with Crippen LogP contribution in [-0.4, -0.2) is 73.5 Å². The van der Waals surface area contributed by atoms with E-state index in [-0.39, 0.29) is 17.7 Å². The lowest BCUT2D eigenvalue weighted by atomic mass is 10.0. The molecule has 5 heterocycles. The number of fused-ring (bicyclic) bond motifs is 2. The van der Waals surface area contributed by atoms with E-state index in [4.69, 9.17) is 9.72 Å². The molecule has 1 fully saturated rings. The molecule has 1 N–H and O–H groups in total. The molecule has 1 amide bonds. The van der Waals surface area contributed by atoms with Crippen LogP contribution in [0.15, 0.2) is 67.1 Å². The molecule has 6 rings (SSSR count). The van der Waals surface area contributed by atoms with Gasteiger partial charge in [-0.1, -0.05) is 24.3 Å². The molecule has 0 atom stereocenters. The number of rotatable bonds is 4. The number of carbonyl (C=O) groups is 2. The molecule has 0 spiro atoms. The van der Waals surface area contributed by atoms with Gasteiger partial charge in [0.05, 0.1) is 5.69 Å². The van der Waals surface area contributed by atoms with E-state index in [0.29, 0.717) is 48.6 Å². The van der Waals surface area contributed by atoms with Gasteiger partial charge in [0.25, 0.3) is 0 Å². The van der Waals surface area contributed by atoms with Crippen molar-refractivity contribution in [1.29, 1.82) is 0 Å². The summed E-state index contributed by atoms with van der Waals surface area (Å²) in [5.41, 5.74) is 2.60. The number of ether oxygens (including phenoxy) is 1. The quantitative estimate of drug-likeness (QED) is 0.325. The summed E-state index contributed by atoms with van der Waals surface area (Å²) in [6.07, 6.45) is 4.90. The van der Waals surface area contributed by atoms with Crippen LogP contribution in [0.5, 0.6) is 0 Å². The molecule has 1 aromatic carbocycles. The van der Waals surface area contributed by atoms with Crippen molar-refractivity contribution in [1.82, 2.24) is 29.8 Å². The lowest BCUT2D eigenvalue weighted by molar-refractivity contribution is 0.0240. The van der Waals surface area contributed by atoms with E-state index in [1.54, 1.807) is 29.4 Å². The number of aromatic nitrogens is 5. The van der Waals surface area contributed by atoms with Gasteiger partial charge in [0.2, 0.25) is 5.78 Å². The van der Waals surface area contributed by atoms with Crippen LogP contribution in [0.25, 0.3) is 33.2 Å². The first-order valence-corrected chi connectivity index (χ1v) is 13.2. The van der Waals surface area contributed by atoms with Crippen molar-refractivity contribution >= 4 is 39.6 Å². The van der Waals surface area contributed by atoms with E-state index < -0.39 is 5.60 Å². The molecule has 0 saturated carbocycles. The summed E-state index contributed by atoms with van der Waals surface area (Å²) in [7, 11) is 0. The monoisotopic (exact) mass is 535 g/mol. The molecule has 0 unspecified atom stereocenters. The summed E-state index contributed by atoms with van der Waals surface area (Å²) in [5, 5.41) is 2.02. The SMILES string of the molecule is CC(C)(C)OC(=O)N1CCN(c2ccc3nc(C(=O)c4ccnc(-c5cncc6ccccc56)c4)[nH]c3n2)CC1. The smallest absolute Gasteiger partial charge is 0.410 e. The summed E-state index contributed by atoms with van der Waals surface area (Å²) >= 11 is 0. The fourth-order valence-corrected chi connectivity index (χ4v) is 4.79. The van der Waals surface area contributed by atoms with Gasteiger partial charge >= 0.3 is 6.09 Å². The molecule has 1 aliphatic rings. The Morgan fingerprint density at radius 3 is 2.55 bits per heavy atom. The molecular weight excluding hydrogens is 506 g/mol. The Bertz CT molecular complexity index is 1730. The molecule has 0 bridgehead atoms. The molecule has 0 aliphatic carbocycles. The van der Waals surface area contributed by atoms with Crippen LogP contribution in [0.4, 0.5) is 10.6 Å². The van der Waals surface area contributed by atoms with Gasteiger partial charge in [-0.25, -0.2) is 14.8 Å². The maximum atomic E-state index is 13.4. The topological polar surface area (TPSA) is 117 Å². The van der Waals surface area contributed by atoms with Crippen molar-refractivity contribution < 1.29 is 14.3 Å². The van der Waals surface area contributed by atoms with Crippen LogP contribution >= 0.6 is 0 Å². The third-order valence-corrected chi connectivity index (χ3v) is 6.77. The fraction of sp³-hybridized carbons (Fsp3) is 0.267. The second-order valence-corrected chi connectivity index (χ2v) is 10.7. The normalized spacial score (nSPS) is 14.1. The Morgan fingerprint density at radius 1 is 0.950 bits per heavy atom. The van der Waals surface area contributed by atoms with E-state index >= 15 is 0 Å². The lowest BCUT2D eigenvalue weighted by Crippen LogP contribution is -2.50. The van der Waals surface area contributed by atoms with Crippen molar-refractivity contribution in [3.8, 4) is 11.3 Å². The maximum Gasteiger partial charge on any atom is 0.410 e. The Kier molecular flexibility index (Phi) is 6.37. The lowest BCUT2D eigenvalue weighted by Gasteiger charge is -2.36. The van der Waals surface area contributed by atoms with Crippen LogP contribution in [0.2, 0.25) is 0 Å². The first-order chi connectivity index (χ1) is 19.2. The van der Waals surface area contributed by atoms with E-state index in [1.807, 2.05) is 63.4 Å². The number of piperazine rings is 1. The number of aromatic amines is 1. The first kappa shape index (κ1) is 25.4. The molecule has 5 aromatic rings. The highest BCUT2D eigenvalue weighted by Gasteiger charge is 2.26. The van der Waals surface area contributed by atoms with E-state index in [2.05, 4.69) is 24.8 Å². The first-order valence-electron chi connectivity index (χ1n) is 13.2. The number of ketones is 1. The molecule has 4 aromatic heterocycles. The number of nitrogens with zero attached hydrogens (tertiary/aromatic N) is 6. The third-order valence-electron chi connectivity index (χ3n) is 6.77. The summed E-state index contributed by atoms with van der Waals surface area (Å²) in [6, 6.07) is 15.1. The summed E-state index contributed by atoms with van der Waals surface area (Å²) in [4.78, 5) is 50.8. The summed E-state index contributed by atoms with van der Waals surface area (Å²) in [6.45, 7) is 7.91. The number of nitrogens with one attached hydrogen (secondary N) is 1. The molecule has 10 heteroatoms. The molecule has 10 nitrogen and oxygen atoms in total. The van der Waals surface area contributed by atoms with Crippen LogP contribution in [0.1, 0.15) is 37.0 Å². The molecule has 0 radical (unpaired) electrons. The maximum absolute atomic E-state index is 13.4. The number of amides is 1. The number of hydrogen-bond acceptors (Lipinski definition) is 8. The zero-order valence-electron chi connectivity index (χ0n) is 22.6. The minimum atomic E-state index is -0.526. The number of anilines is 1. The minimum absolute atomic E-state index is 0.211. The number of hydrogen-bond donors (Lipinski definition) is 1. The summed E-state index contributed by atoms with van der Waals surface area (Å²) < 4.78 is 5.49. The Balaban J connectivity index is 1.20. The second-order valence-electron chi connectivity index (χ2n) is 10.7. The van der Waals surface area contributed by atoms with Crippen LogP contribution in [0.3, 0.4) is 0 Å². The number of H-pyrrole nitrogens is 1. The third kappa shape index (κ3) is 5.07. The van der Waals surface area contributed by atoms with Crippen molar-refractivity contribution in [2.75, 3.05) is 31.1 Å². The van der Waals surface area contributed by atoms with E-state index in [0.717, 1.165) is 22.2 Å². The average molecular weight is 536 g/mol. The van der Waals surface area contributed by atoms with Crippen LogP contribution in [0, 0.1) is 0 Å². The van der Waals surface area contributed by atoms with E-state index in [9.17, 15) is 9.59 Å². The largest absolute Gasteiger partial charge is 0.444 e. The zero-order chi connectivity index (χ0) is 27.9. The van der Waals surface area contributed by atoms with Gasteiger partial charge in [-0.3, -0.25) is 14.8 Å². The standard InChI is InChI=1S/C30H29N7O3/c1-30(2,3)40-29(39)37-14-12-36(13-15-37)25-9-8-23-27(34-25)35-28(33-23)26(38)19-10-11-32-24(16-19)22-18-31-17-20-6-4-5-7-21(20)22/h4-11,16-18H,12-15H2,1-3H3,(H,33,34,35). The Morgan fingerprint density at radius 2 is 1.75 bits per heavy atom. The van der Waals surface area contributed by atoms with Crippen LogP contribution < -0.4 is 4.90 Å². The average Bonchev–Trinajstić information content (AvgIpc) is 3.39. The van der Waals surface area contributed by atoms with Crippen molar-refractivity contribution in [3.05, 3.63) is 78.5 Å². The highest BCUT2D eigenvalue weighted by Crippen LogP contribution is 2.27. The summed E-state index contributed by atoms with van der Waals surface area (Å²) in [5.74, 6) is 0.721. The van der Waals surface area contributed by atoms with Gasteiger partial charge in [0, 0.05) is 61.3 Å². The van der Waals surface area contributed by atoms with Gasteiger partial charge in [0.1, 0.15) is 16.9 Å². The minimum Gasteiger partial charge on any atom is -0.444 e. The Labute approximate surface area is 231 Å². The number of imidazole rings is 1.